The van der Waals surface area contributed by atoms with Crippen LogP contribution in [0.5, 0.6) is 0 Å². The van der Waals surface area contributed by atoms with Gasteiger partial charge in [0.1, 0.15) is 5.02 Å². The molecule has 1 unspecified atom stereocenters. The largest absolute Gasteiger partial charge is 0.394 e. The van der Waals surface area contributed by atoms with E-state index in [9.17, 15) is 0 Å². The summed E-state index contributed by atoms with van der Waals surface area (Å²) in [5, 5.41) is 21.7. The normalized spacial score (nSPS) is 13.2. The Hall–Kier alpha value is -0.780. The maximum absolute atomic E-state index is 9.02. The van der Waals surface area contributed by atoms with Crippen molar-refractivity contribution in [2.45, 2.75) is 12.6 Å². The number of hydrogen-bond acceptors (Lipinski definition) is 4. The van der Waals surface area contributed by atoms with Crippen molar-refractivity contribution in [1.29, 1.82) is 0 Å². The molecule has 0 radical (unpaired) electrons. The lowest BCUT2D eigenvalue weighted by molar-refractivity contribution is 0.0783. The average molecular weight is 192 g/mol. The Morgan fingerprint density at radius 2 is 2.42 bits per heavy atom. The van der Waals surface area contributed by atoms with Crippen LogP contribution in [0.25, 0.3) is 0 Å². The fraction of sp³-hybridized carbons (Fsp3) is 0.500. The number of aliphatic hydroxyl groups excluding tert-OH is 2. The maximum atomic E-state index is 9.02. The van der Waals surface area contributed by atoms with Crippen LogP contribution in [0.15, 0.2) is 6.20 Å². The first-order valence-electron chi connectivity index (χ1n) is 3.41. The van der Waals surface area contributed by atoms with Gasteiger partial charge < -0.3 is 15.9 Å². The Kier molecular flexibility index (Phi) is 2.91. The van der Waals surface area contributed by atoms with Crippen molar-refractivity contribution in [2.75, 3.05) is 12.3 Å². The zero-order valence-electron chi connectivity index (χ0n) is 6.31. The molecule has 0 aliphatic carbocycles. The van der Waals surface area contributed by atoms with E-state index in [2.05, 4.69) is 5.10 Å². The number of nitrogen functional groups attached to an aromatic ring is 1. The zero-order valence-corrected chi connectivity index (χ0v) is 7.07. The first-order chi connectivity index (χ1) is 5.63. The van der Waals surface area contributed by atoms with E-state index in [1.807, 2.05) is 0 Å². The summed E-state index contributed by atoms with van der Waals surface area (Å²) in [4.78, 5) is 0. The molecule has 0 saturated heterocycles. The zero-order chi connectivity index (χ0) is 9.14. The van der Waals surface area contributed by atoms with Gasteiger partial charge >= 0.3 is 0 Å². The molecular formula is C6H10ClN3O2. The minimum absolute atomic E-state index is 0.188. The molecule has 5 nitrogen and oxygen atoms in total. The Morgan fingerprint density at radius 1 is 1.75 bits per heavy atom. The van der Waals surface area contributed by atoms with Gasteiger partial charge in [-0.15, -0.1) is 0 Å². The second kappa shape index (κ2) is 3.75. The molecule has 12 heavy (non-hydrogen) atoms. The van der Waals surface area contributed by atoms with Gasteiger partial charge in [0.15, 0.2) is 5.82 Å². The number of hydrogen-bond donors (Lipinski definition) is 3. The molecule has 0 spiro atoms. The van der Waals surface area contributed by atoms with Crippen molar-refractivity contribution < 1.29 is 10.2 Å². The predicted molar refractivity (Wildman–Crippen MR) is 44.7 cm³/mol. The second-order valence-corrected chi connectivity index (χ2v) is 2.83. The summed E-state index contributed by atoms with van der Waals surface area (Å²) in [5.41, 5.74) is 5.35. The number of anilines is 1. The number of aliphatic hydroxyl groups is 2. The Balaban J connectivity index is 2.64. The average Bonchev–Trinajstić information content (AvgIpc) is 2.31. The number of rotatable bonds is 3. The van der Waals surface area contributed by atoms with Crippen molar-refractivity contribution in [3.05, 3.63) is 11.2 Å². The smallest absolute Gasteiger partial charge is 0.164 e. The van der Waals surface area contributed by atoms with Gasteiger partial charge in [0.05, 0.1) is 19.3 Å². The highest BCUT2D eigenvalue weighted by Crippen LogP contribution is 2.15. The molecule has 1 heterocycles. The third-order valence-corrected chi connectivity index (χ3v) is 1.64. The van der Waals surface area contributed by atoms with E-state index < -0.39 is 6.10 Å². The molecule has 0 fully saturated rings. The van der Waals surface area contributed by atoms with Crippen LogP contribution in [0.4, 0.5) is 5.82 Å². The van der Waals surface area contributed by atoms with Crippen molar-refractivity contribution in [3.8, 4) is 0 Å². The summed E-state index contributed by atoms with van der Waals surface area (Å²) < 4.78 is 1.39. The van der Waals surface area contributed by atoms with E-state index >= 15 is 0 Å². The molecule has 0 amide bonds. The summed E-state index contributed by atoms with van der Waals surface area (Å²) in [5.74, 6) is 0.224. The van der Waals surface area contributed by atoms with Gasteiger partial charge in [0.2, 0.25) is 0 Å². The fourth-order valence-electron chi connectivity index (χ4n) is 0.779. The van der Waals surface area contributed by atoms with Crippen molar-refractivity contribution in [1.82, 2.24) is 9.78 Å². The summed E-state index contributed by atoms with van der Waals surface area (Å²) in [6.07, 6.45) is 0.663. The maximum Gasteiger partial charge on any atom is 0.164 e. The molecule has 6 heteroatoms. The molecule has 1 aromatic heterocycles. The summed E-state index contributed by atoms with van der Waals surface area (Å²) >= 11 is 5.60. The molecule has 0 aromatic carbocycles. The lowest BCUT2D eigenvalue weighted by Crippen LogP contribution is -2.20. The van der Waals surface area contributed by atoms with Crippen LogP contribution in [0.3, 0.4) is 0 Å². The van der Waals surface area contributed by atoms with E-state index in [0.717, 1.165) is 0 Å². The van der Waals surface area contributed by atoms with Gasteiger partial charge in [-0.05, 0) is 0 Å². The van der Waals surface area contributed by atoms with Crippen LogP contribution in [-0.4, -0.2) is 32.7 Å². The highest BCUT2D eigenvalue weighted by molar-refractivity contribution is 6.32. The highest BCUT2D eigenvalue weighted by atomic mass is 35.5. The van der Waals surface area contributed by atoms with E-state index in [1.54, 1.807) is 0 Å². The molecule has 4 N–H and O–H groups in total. The van der Waals surface area contributed by atoms with Crippen LogP contribution in [0, 0.1) is 0 Å². The van der Waals surface area contributed by atoms with Crippen molar-refractivity contribution >= 4 is 17.4 Å². The minimum atomic E-state index is -0.833. The molecule has 0 bridgehead atoms. The Morgan fingerprint density at radius 3 is 2.83 bits per heavy atom. The van der Waals surface area contributed by atoms with Crippen LogP contribution in [-0.2, 0) is 6.54 Å². The topological polar surface area (TPSA) is 84.3 Å². The van der Waals surface area contributed by atoms with E-state index in [-0.39, 0.29) is 19.0 Å². The number of aromatic nitrogens is 2. The monoisotopic (exact) mass is 191 g/mol. The summed E-state index contributed by atoms with van der Waals surface area (Å²) in [6.45, 7) is -0.120. The SMILES string of the molecule is Nc1nn(CC(O)CO)cc1Cl. The molecule has 68 valence electrons. The standard InChI is InChI=1S/C6H10ClN3O2/c7-5-2-10(9-6(5)8)1-4(12)3-11/h2,4,11-12H,1,3H2,(H2,8,9). The van der Waals surface area contributed by atoms with Gasteiger partial charge in [-0.1, -0.05) is 11.6 Å². The molecule has 1 rings (SSSR count). The quantitative estimate of drug-likeness (QED) is 0.600. The van der Waals surface area contributed by atoms with Crippen molar-refractivity contribution in [3.63, 3.8) is 0 Å². The van der Waals surface area contributed by atoms with Crippen LogP contribution < -0.4 is 5.73 Å². The highest BCUT2D eigenvalue weighted by Gasteiger charge is 2.06. The fourth-order valence-corrected chi connectivity index (χ4v) is 0.930. The summed E-state index contributed by atoms with van der Waals surface area (Å²) in [6, 6.07) is 0. The van der Waals surface area contributed by atoms with E-state index in [1.165, 1.54) is 10.9 Å². The van der Waals surface area contributed by atoms with E-state index in [0.29, 0.717) is 5.02 Å². The van der Waals surface area contributed by atoms with Gasteiger partial charge in [0.25, 0.3) is 0 Å². The van der Waals surface area contributed by atoms with Crippen LogP contribution in [0.2, 0.25) is 5.02 Å². The minimum Gasteiger partial charge on any atom is -0.394 e. The van der Waals surface area contributed by atoms with Crippen molar-refractivity contribution in [2.24, 2.45) is 0 Å². The van der Waals surface area contributed by atoms with Gasteiger partial charge in [0, 0.05) is 6.20 Å². The molecule has 0 aliphatic rings. The first-order valence-corrected chi connectivity index (χ1v) is 3.78. The Labute approximate surface area is 74.4 Å². The van der Waals surface area contributed by atoms with Gasteiger partial charge in [-0.3, -0.25) is 4.68 Å². The lowest BCUT2D eigenvalue weighted by atomic mass is 10.4. The first kappa shape index (κ1) is 9.31. The lowest BCUT2D eigenvalue weighted by Gasteiger charge is -2.05. The molecule has 1 aromatic rings. The second-order valence-electron chi connectivity index (χ2n) is 2.42. The third kappa shape index (κ3) is 2.10. The van der Waals surface area contributed by atoms with Crippen LogP contribution >= 0.6 is 11.6 Å². The number of nitrogens with zero attached hydrogens (tertiary/aromatic N) is 2. The Bertz CT molecular complexity index is 244. The predicted octanol–water partition coefficient (Wildman–Crippen LogP) is -0.528. The summed E-state index contributed by atoms with van der Waals surface area (Å²) in [7, 11) is 0. The molecule has 0 aliphatic heterocycles. The van der Waals surface area contributed by atoms with Gasteiger partial charge in [-0.2, -0.15) is 5.10 Å². The molecule has 1 atom stereocenters. The third-order valence-electron chi connectivity index (χ3n) is 1.35. The molecule has 0 saturated carbocycles. The van der Waals surface area contributed by atoms with Crippen LogP contribution in [0.1, 0.15) is 0 Å². The molecular weight excluding hydrogens is 182 g/mol. The van der Waals surface area contributed by atoms with Gasteiger partial charge in [-0.25, -0.2) is 0 Å². The number of halogens is 1. The van der Waals surface area contributed by atoms with E-state index in [4.69, 9.17) is 27.5 Å². The number of nitrogens with two attached hydrogens (primary N) is 1.